The first kappa shape index (κ1) is 17.8. The summed E-state index contributed by atoms with van der Waals surface area (Å²) >= 11 is 0. The zero-order valence-corrected chi connectivity index (χ0v) is 14.0. The van der Waals surface area contributed by atoms with Gasteiger partial charge in [-0.15, -0.1) is 0 Å². The summed E-state index contributed by atoms with van der Waals surface area (Å²) in [7, 11) is 0. The van der Waals surface area contributed by atoms with Crippen molar-refractivity contribution in [1.82, 2.24) is 5.32 Å². The van der Waals surface area contributed by atoms with Crippen LogP contribution in [0, 0.1) is 0 Å². The van der Waals surface area contributed by atoms with Gasteiger partial charge in [-0.1, -0.05) is 42.5 Å². The maximum atomic E-state index is 12.5. The third-order valence-corrected chi connectivity index (χ3v) is 4.09. The molecule has 2 aromatic rings. The van der Waals surface area contributed by atoms with Crippen molar-refractivity contribution in [2.24, 2.45) is 0 Å². The van der Waals surface area contributed by atoms with Gasteiger partial charge in [0.2, 0.25) is 0 Å². The Labute approximate surface area is 145 Å². The van der Waals surface area contributed by atoms with Gasteiger partial charge in [0.05, 0.1) is 13.2 Å². The van der Waals surface area contributed by atoms with E-state index < -0.39 is 6.61 Å². The van der Waals surface area contributed by atoms with Crippen LogP contribution in [0.5, 0.6) is 5.75 Å². The van der Waals surface area contributed by atoms with Crippen molar-refractivity contribution < 1.29 is 23.0 Å². The van der Waals surface area contributed by atoms with Crippen LogP contribution in [0.2, 0.25) is 0 Å². The van der Waals surface area contributed by atoms with E-state index in [1.54, 1.807) is 18.2 Å². The Morgan fingerprint density at radius 2 is 1.76 bits per heavy atom. The molecule has 134 valence electrons. The SMILES string of the molecule is C[C@H](NCc1ccc(C2OCCO2)cc1)c1ccccc1OC(F)F. The number of hydrogen-bond acceptors (Lipinski definition) is 4. The van der Waals surface area contributed by atoms with Crippen molar-refractivity contribution in [3.63, 3.8) is 0 Å². The zero-order valence-electron chi connectivity index (χ0n) is 14.0. The quantitative estimate of drug-likeness (QED) is 0.814. The predicted octanol–water partition coefficient (Wildman–Crippen LogP) is 4.18. The lowest BCUT2D eigenvalue weighted by molar-refractivity contribution is -0.0507. The third kappa shape index (κ3) is 4.75. The third-order valence-electron chi connectivity index (χ3n) is 4.09. The Morgan fingerprint density at radius 1 is 1.08 bits per heavy atom. The molecule has 1 fully saturated rings. The van der Waals surface area contributed by atoms with Crippen molar-refractivity contribution in [3.05, 3.63) is 65.2 Å². The van der Waals surface area contributed by atoms with E-state index in [1.807, 2.05) is 37.3 Å². The van der Waals surface area contributed by atoms with Crippen LogP contribution in [0.1, 0.15) is 35.9 Å². The van der Waals surface area contributed by atoms with Crippen molar-refractivity contribution in [2.45, 2.75) is 32.4 Å². The summed E-state index contributed by atoms with van der Waals surface area (Å²) in [5, 5.41) is 3.33. The van der Waals surface area contributed by atoms with Gasteiger partial charge in [-0.2, -0.15) is 8.78 Å². The number of hydrogen-bond donors (Lipinski definition) is 1. The minimum atomic E-state index is -2.83. The fourth-order valence-electron chi connectivity index (χ4n) is 2.77. The number of ether oxygens (including phenoxy) is 3. The monoisotopic (exact) mass is 349 g/mol. The van der Waals surface area contributed by atoms with Crippen molar-refractivity contribution in [1.29, 1.82) is 0 Å². The van der Waals surface area contributed by atoms with Gasteiger partial charge in [-0.05, 0) is 18.6 Å². The zero-order chi connectivity index (χ0) is 17.6. The molecule has 3 rings (SSSR count). The molecule has 0 unspecified atom stereocenters. The van der Waals surface area contributed by atoms with E-state index in [-0.39, 0.29) is 18.1 Å². The molecular weight excluding hydrogens is 328 g/mol. The Bertz CT molecular complexity index is 673. The molecule has 1 saturated heterocycles. The van der Waals surface area contributed by atoms with Crippen LogP contribution >= 0.6 is 0 Å². The van der Waals surface area contributed by atoms with Gasteiger partial charge in [0.25, 0.3) is 0 Å². The molecule has 25 heavy (non-hydrogen) atoms. The molecule has 1 atom stereocenters. The van der Waals surface area contributed by atoms with Crippen LogP contribution in [-0.2, 0) is 16.0 Å². The van der Waals surface area contributed by atoms with E-state index in [9.17, 15) is 8.78 Å². The van der Waals surface area contributed by atoms with Crippen LogP contribution < -0.4 is 10.1 Å². The van der Waals surface area contributed by atoms with Gasteiger partial charge in [-0.3, -0.25) is 0 Å². The second-order valence-corrected chi connectivity index (χ2v) is 5.83. The van der Waals surface area contributed by atoms with Gasteiger partial charge >= 0.3 is 6.61 Å². The van der Waals surface area contributed by atoms with Crippen LogP contribution in [0.4, 0.5) is 8.78 Å². The molecule has 2 aromatic carbocycles. The number of nitrogens with one attached hydrogen (secondary N) is 1. The molecule has 1 heterocycles. The minimum Gasteiger partial charge on any atom is -0.434 e. The van der Waals surface area contributed by atoms with Gasteiger partial charge in [0.15, 0.2) is 6.29 Å². The highest BCUT2D eigenvalue weighted by atomic mass is 19.3. The highest BCUT2D eigenvalue weighted by Gasteiger charge is 2.18. The maximum absolute atomic E-state index is 12.5. The molecule has 6 heteroatoms. The van der Waals surface area contributed by atoms with E-state index in [2.05, 4.69) is 10.1 Å². The molecule has 0 bridgehead atoms. The first-order valence-electron chi connectivity index (χ1n) is 8.22. The van der Waals surface area contributed by atoms with Crippen molar-refractivity contribution in [2.75, 3.05) is 13.2 Å². The lowest BCUT2D eigenvalue weighted by Gasteiger charge is -2.18. The lowest BCUT2D eigenvalue weighted by Crippen LogP contribution is -2.19. The highest BCUT2D eigenvalue weighted by molar-refractivity contribution is 5.35. The second-order valence-electron chi connectivity index (χ2n) is 5.83. The predicted molar refractivity (Wildman–Crippen MR) is 89.4 cm³/mol. The van der Waals surface area contributed by atoms with Gasteiger partial charge in [0, 0.05) is 23.7 Å². The Kier molecular flexibility index (Phi) is 5.96. The fraction of sp³-hybridized carbons (Fsp3) is 0.368. The number of para-hydroxylation sites is 1. The summed E-state index contributed by atoms with van der Waals surface area (Å²) in [5.41, 5.74) is 2.78. The summed E-state index contributed by atoms with van der Waals surface area (Å²) in [6, 6.07) is 14.7. The second kappa shape index (κ2) is 8.38. The Hall–Kier alpha value is -2.02. The average molecular weight is 349 g/mol. The van der Waals surface area contributed by atoms with Crippen molar-refractivity contribution >= 4 is 0 Å². The topological polar surface area (TPSA) is 39.7 Å². The Morgan fingerprint density at radius 3 is 2.44 bits per heavy atom. The van der Waals surface area contributed by atoms with Crippen LogP contribution in [0.25, 0.3) is 0 Å². The fourth-order valence-corrected chi connectivity index (χ4v) is 2.77. The van der Waals surface area contributed by atoms with Crippen LogP contribution in [0.3, 0.4) is 0 Å². The average Bonchev–Trinajstić information content (AvgIpc) is 3.15. The first-order valence-corrected chi connectivity index (χ1v) is 8.22. The number of alkyl halides is 2. The summed E-state index contributed by atoms with van der Waals surface area (Å²) in [6.45, 7) is 0.928. The van der Waals surface area contributed by atoms with Crippen molar-refractivity contribution in [3.8, 4) is 5.75 Å². The molecule has 1 aliphatic heterocycles. The van der Waals surface area contributed by atoms with Gasteiger partial charge in [0.1, 0.15) is 5.75 Å². The van der Waals surface area contributed by atoms with Crippen LogP contribution in [0.15, 0.2) is 48.5 Å². The van der Waals surface area contributed by atoms with Gasteiger partial charge < -0.3 is 19.5 Å². The molecule has 1 aliphatic rings. The molecule has 0 aliphatic carbocycles. The maximum Gasteiger partial charge on any atom is 0.387 e. The normalized spacial score (nSPS) is 16.3. The molecule has 0 radical (unpaired) electrons. The Balaban J connectivity index is 1.59. The minimum absolute atomic E-state index is 0.129. The summed E-state index contributed by atoms with van der Waals surface area (Å²) < 4.78 is 40.6. The van der Waals surface area contributed by atoms with E-state index in [4.69, 9.17) is 9.47 Å². The molecular formula is C19H21F2NO3. The lowest BCUT2D eigenvalue weighted by atomic mass is 10.1. The molecule has 4 nitrogen and oxygen atoms in total. The summed E-state index contributed by atoms with van der Waals surface area (Å²) in [4.78, 5) is 0. The highest BCUT2D eigenvalue weighted by Crippen LogP contribution is 2.27. The molecule has 0 saturated carbocycles. The number of benzene rings is 2. The first-order chi connectivity index (χ1) is 12.1. The largest absolute Gasteiger partial charge is 0.434 e. The van der Waals surface area contributed by atoms with E-state index >= 15 is 0 Å². The smallest absolute Gasteiger partial charge is 0.387 e. The van der Waals surface area contributed by atoms with E-state index in [0.29, 0.717) is 25.3 Å². The number of rotatable bonds is 7. The summed E-state index contributed by atoms with van der Waals surface area (Å²) in [6.07, 6.45) is -0.278. The van der Waals surface area contributed by atoms with E-state index in [1.165, 1.54) is 0 Å². The summed E-state index contributed by atoms with van der Waals surface area (Å²) in [5.74, 6) is 0.198. The van der Waals surface area contributed by atoms with E-state index in [0.717, 1.165) is 11.1 Å². The number of halogens is 2. The molecule has 0 amide bonds. The standard InChI is InChI=1S/C19H21F2NO3/c1-13(16-4-2-3-5-17(16)25-19(20)21)22-12-14-6-8-15(9-7-14)18-23-10-11-24-18/h2-9,13,18-19,22H,10-12H2,1H3/t13-/m0/s1. The molecule has 1 N–H and O–H groups in total. The van der Waals surface area contributed by atoms with Gasteiger partial charge in [-0.25, -0.2) is 0 Å². The molecule has 0 aromatic heterocycles. The molecule has 0 spiro atoms. The van der Waals surface area contributed by atoms with Crippen LogP contribution in [-0.4, -0.2) is 19.8 Å².